The van der Waals surface area contributed by atoms with Gasteiger partial charge in [-0.2, -0.15) is 0 Å². The Morgan fingerprint density at radius 2 is 2.05 bits per heavy atom. The number of carbonyl (C=O) groups excluding carboxylic acids is 2. The molecule has 3 amide bonds. The summed E-state index contributed by atoms with van der Waals surface area (Å²) in [5.41, 5.74) is 0.214. The molecule has 2 rings (SSSR count). The van der Waals surface area contributed by atoms with Gasteiger partial charge >= 0.3 is 11.7 Å². The maximum atomic E-state index is 11.3. The number of rotatable bonds is 3. The summed E-state index contributed by atoms with van der Waals surface area (Å²) in [4.78, 5) is 32.5. The second-order valence-electron chi connectivity index (χ2n) is 3.65. The van der Waals surface area contributed by atoms with Gasteiger partial charge in [0.05, 0.1) is 12.0 Å². The van der Waals surface area contributed by atoms with Gasteiger partial charge in [-0.05, 0) is 17.7 Å². The number of methoxy groups -OCH3 is 1. The van der Waals surface area contributed by atoms with E-state index in [0.717, 1.165) is 0 Å². The van der Waals surface area contributed by atoms with Gasteiger partial charge in [-0.3, -0.25) is 20.2 Å². The number of nitrogens with one attached hydrogen (secondary N) is 2. The van der Waals surface area contributed by atoms with Crippen molar-refractivity contribution in [2.45, 2.75) is 0 Å². The molecule has 1 aromatic rings. The quantitative estimate of drug-likeness (QED) is 0.362. The molecule has 1 aliphatic heterocycles. The Kier molecular flexibility index (Phi) is 3.15. The highest BCUT2D eigenvalue weighted by molar-refractivity contribution is 6.14. The van der Waals surface area contributed by atoms with Gasteiger partial charge in [-0.15, -0.1) is 0 Å². The minimum atomic E-state index is -0.626. The number of urea groups is 1. The Morgan fingerprint density at radius 3 is 2.58 bits per heavy atom. The molecule has 8 nitrogen and oxygen atoms in total. The zero-order valence-corrected chi connectivity index (χ0v) is 9.80. The lowest BCUT2D eigenvalue weighted by Crippen LogP contribution is -2.22. The molecule has 19 heavy (non-hydrogen) atoms. The van der Waals surface area contributed by atoms with Crippen LogP contribution in [0.5, 0.6) is 5.75 Å². The van der Waals surface area contributed by atoms with Crippen molar-refractivity contribution in [1.29, 1.82) is 0 Å². The smallest absolute Gasteiger partial charge is 0.326 e. The predicted octanol–water partition coefficient (Wildman–Crippen LogP) is 0.784. The van der Waals surface area contributed by atoms with Crippen LogP contribution < -0.4 is 15.4 Å². The molecular formula is C11H9N3O5. The third kappa shape index (κ3) is 2.51. The summed E-state index contributed by atoms with van der Waals surface area (Å²) in [5.74, 6) is -0.462. The van der Waals surface area contributed by atoms with Crippen LogP contribution in [-0.2, 0) is 4.79 Å². The third-order valence-corrected chi connectivity index (χ3v) is 2.43. The van der Waals surface area contributed by atoms with E-state index in [4.69, 9.17) is 4.74 Å². The van der Waals surface area contributed by atoms with Gasteiger partial charge in [0.25, 0.3) is 5.91 Å². The Balaban J connectivity index is 2.39. The van der Waals surface area contributed by atoms with Gasteiger partial charge in [0.1, 0.15) is 5.70 Å². The SMILES string of the molecule is COc1ccc(/C=C2\NC(=O)NC2=O)cc1[N+](=O)[O-]. The van der Waals surface area contributed by atoms with Crippen LogP contribution in [0.25, 0.3) is 6.08 Å². The van der Waals surface area contributed by atoms with E-state index in [9.17, 15) is 19.7 Å². The summed E-state index contributed by atoms with van der Waals surface area (Å²) in [7, 11) is 1.32. The number of amides is 3. The van der Waals surface area contributed by atoms with Crippen LogP contribution in [0.3, 0.4) is 0 Å². The van der Waals surface area contributed by atoms with E-state index in [2.05, 4.69) is 5.32 Å². The van der Waals surface area contributed by atoms with Crippen LogP contribution in [0.1, 0.15) is 5.56 Å². The number of benzene rings is 1. The number of imide groups is 1. The minimum Gasteiger partial charge on any atom is -0.490 e. The molecule has 0 aromatic heterocycles. The van der Waals surface area contributed by atoms with Crippen molar-refractivity contribution >= 4 is 23.7 Å². The van der Waals surface area contributed by atoms with E-state index in [1.165, 1.54) is 31.4 Å². The molecule has 98 valence electrons. The van der Waals surface area contributed by atoms with Gasteiger partial charge in [-0.1, -0.05) is 6.07 Å². The van der Waals surface area contributed by atoms with Crippen LogP contribution in [0, 0.1) is 10.1 Å². The number of hydrogen-bond donors (Lipinski definition) is 2. The molecule has 1 aromatic carbocycles. The number of nitro groups is 1. The summed E-state index contributed by atoms with van der Waals surface area (Å²) in [6.07, 6.45) is 1.34. The number of nitrogens with zero attached hydrogens (tertiary/aromatic N) is 1. The monoisotopic (exact) mass is 263 g/mol. The van der Waals surface area contributed by atoms with Gasteiger partial charge in [0, 0.05) is 6.07 Å². The lowest BCUT2D eigenvalue weighted by molar-refractivity contribution is -0.385. The van der Waals surface area contributed by atoms with Crippen molar-refractivity contribution < 1.29 is 19.2 Å². The standard InChI is InChI=1S/C11H9N3O5/c1-19-9-3-2-6(5-8(9)14(17)18)4-7-10(15)13-11(16)12-7/h2-5H,1H3,(H2,12,13,15,16)/b7-4-. The highest BCUT2D eigenvalue weighted by atomic mass is 16.6. The van der Waals surface area contributed by atoms with E-state index in [1.807, 2.05) is 5.32 Å². The first-order valence-corrected chi connectivity index (χ1v) is 5.17. The highest BCUT2D eigenvalue weighted by Gasteiger charge is 2.23. The van der Waals surface area contributed by atoms with E-state index >= 15 is 0 Å². The number of carbonyl (C=O) groups is 2. The van der Waals surface area contributed by atoms with Crippen molar-refractivity contribution in [3.8, 4) is 5.75 Å². The fourth-order valence-corrected chi connectivity index (χ4v) is 1.59. The second-order valence-corrected chi connectivity index (χ2v) is 3.65. The Hall–Kier alpha value is -2.90. The number of nitro benzene ring substituents is 1. The molecule has 1 heterocycles. The molecule has 0 atom stereocenters. The predicted molar refractivity (Wildman–Crippen MR) is 64.3 cm³/mol. The van der Waals surface area contributed by atoms with Crippen LogP contribution in [0.2, 0.25) is 0 Å². The third-order valence-electron chi connectivity index (χ3n) is 2.43. The molecule has 1 aliphatic rings. The van der Waals surface area contributed by atoms with Gasteiger partial charge in [0.15, 0.2) is 5.75 Å². The Labute approximate surface area is 107 Å². The molecule has 0 radical (unpaired) electrons. The van der Waals surface area contributed by atoms with Gasteiger partial charge in [0.2, 0.25) is 0 Å². The topological polar surface area (TPSA) is 111 Å². The fourth-order valence-electron chi connectivity index (χ4n) is 1.59. The Bertz CT molecular complexity index is 608. The lowest BCUT2D eigenvalue weighted by Gasteiger charge is -2.02. The molecule has 1 saturated heterocycles. The van der Waals surface area contributed by atoms with E-state index in [-0.39, 0.29) is 17.1 Å². The van der Waals surface area contributed by atoms with Crippen molar-refractivity contribution in [1.82, 2.24) is 10.6 Å². The first kappa shape index (κ1) is 12.6. The maximum absolute atomic E-state index is 11.3. The summed E-state index contributed by atoms with van der Waals surface area (Å²) < 4.78 is 4.86. The largest absolute Gasteiger partial charge is 0.490 e. The summed E-state index contributed by atoms with van der Waals surface area (Å²) in [5, 5.41) is 15.2. The van der Waals surface area contributed by atoms with Gasteiger partial charge < -0.3 is 10.1 Å². The average molecular weight is 263 g/mol. The van der Waals surface area contributed by atoms with E-state index < -0.39 is 16.9 Å². The van der Waals surface area contributed by atoms with Crippen LogP contribution in [0.4, 0.5) is 10.5 Å². The summed E-state index contributed by atoms with van der Waals surface area (Å²) >= 11 is 0. The molecular weight excluding hydrogens is 254 g/mol. The van der Waals surface area contributed by atoms with E-state index in [1.54, 1.807) is 0 Å². The first-order valence-electron chi connectivity index (χ1n) is 5.17. The van der Waals surface area contributed by atoms with Crippen molar-refractivity contribution in [3.05, 3.63) is 39.6 Å². The van der Waals surface area contributed by atoms with Gasteiger partial charge in [-0.25, -0.2) is 4.79 Å². The zero-order valence-electron chi connectivity index (χ0n) is 9.80. The molecule has 0 aliphatic carbocycles. The van der Waals surface area contributed by atoms with Crippen LogP contribution >= 0.6 is 0 Å². The van der Waals surface area contributed by atoms with Crippen LogP contribution in [-0.4, -0.2) is 24.0 Å². The lowest BCUT2D eigenvalue weighted by atomic mass is 10.1. The molecule has 8 heteroatoms. The summed E-state index contributed by atoms with van der Waals surface area (Å²) in [6, 6.07) is 3.58. The molecule has 2 N–H and O–H groups in total. The summed E-state index contributed by atoms with van der Waals surface area (Å²) in [6.45, 7) is 0. The second kappa shape index (κ2) is 4.77. The van der Waals surface area contributed by atoms with Crippen molar-refractivity contribution in [2.24, 2.45) is 0 Å². The fraction of sp³-hybridized carbons (Fsp3) is 0.0909. The molecule has 0 bridgehead atoms. The minimum absolute atomic E-state index is 0.0319. The average Bonchev–Trinajstić information content (AvgIpc) is 2.67. The molecule has 1 fully saturated rings. The highest BCUT2D eigenvalue weighted by Crippen LogP contribution is 2.28. The maximum Gasteiger partial charge on any atom is 0.326 e. The normalized spacial score (nSPS) is 16.2. The molecule has 0 unspecified atom stereocenters. The Morgan fingerprint density at radius 1 is 1.32 bits per heavy atom. The zero-order chi connectivity index (χ0) is 14.0. The molecule has 0 spiro atoms. The molecule has 0 saturated carbocycles. The van der Waals surface area contributed by atoms with Crippen molar-refractivity contribution in [3.63, 3.8) is 0 Å². The number of hydrogen-bond acceptors (Lipinski definition) is 5. The number of ether oxygens (including phenoxy) is 1. The first-order chi connectivity index (χ1) is 9.01. The van der Waals surface area contributed by atoms with Crippen molar-refractivity contribution in [2.75, 3.05) is 7.11 Å². The van der Waals surface area contributed by atoms with Crippen LogP contribution in [0.15, 0.2) is 23.9 Å². The van der Waals surface area contributed by atoms with E-state index in [0.29, 0.717) is 5.56 Å².